The van der Waals surface area contributed by atoms with E-state index in [1.807, 2.05) is 0 Å². The molecule has 0 aliphatic heterocycles. The molecular formula is C15H26O. The molecule has 1 N–H and O–H groups in total. The lowest BCUT2D eigenvalue weighted by Crippen LogP contribution is -2.39. The largest absolute Gasteiger partial charge is 0.393 e. The van der Waals surface area contributed by atoms with Crippen molar-refractivity contribution in [1.82, 2.24) is 0 Å². The van der Waals surface area contributed by atoms with E-state index in [1.54, 1.807) is 5.57 Å². The Labute approximate surface area is 99.9 Å². The number of aliphatic hydroxyl groups is 1. The normalized spacial score (nSPS) is 44.1. The van der Waals surface area contributed by atoms with Gasteiger partial charge in [0, 0.05) is 0 Å². The van der Waals surface area contributed by atoms with E-state index in [2.05, 4.69) is 27.7 Å². The average Bonchev–Trinajstić information content (AvgIpc) is 2.59. The number of allylic oxidation sites excluding steroid dienone is 2. The Morgan fingerprint density at radius 1 is 1.19 bits per heavy atom. The number of rotatable bonds is 0. The van der Waals surface area contributed by atoms with Crippen LogP contribution in [0.2, 0.25) is 0 Å². The summed E-state index contributed by atoms with van der Waals surface area (Å²) in [6.45, 7) is 8.95. The van der Waals surface area contributed by atoms with E-state index in [1.165, 1.54) is 37.7 Å². The summed E-state index contributed by atoms with van der Waals surface area (Å²) in [5.41, 5.74) is 3.75. The first-order chi connectivity index (χ1) is 7.43. The standard InChI is InChI=1S/C15H26O/c1-10(2)13-5-6-15(9-13)7-11(3)14(16)12(4)8-15/h11-12,14,16H,5-9H2,1-4H3. The van der Waals surface area contributed by atoms with Gasteiger partial charge in [0.25, 0.3) is 0 Å². The lowest BCUT2D eigenvalue weighted by Gasteiger charge is -2.43. The molecule has 1 spiro atoms. The van der Waals surface area contributed by atoms with E-state index in [9.17, 15) is 5.11 Å². The average molecular weight is 222 g/mol. The van der Waals surface area contributed by atoms with E-state index in [0.29, 0.717) is 17.3 Å². The zero-order chi connectivity index (χ0) is 11.9. The summed E-state index contributed by atoms with van der Waals surface area (Å²) < 4.78 is 0. The van der Waals surface area contributed by atoms with Gasteiger partial charge in [0.15, 0.2) is 0 Å². The molecule has 0 saturated heterocycles. The minimum Gasteiger partial charge on any atom is -0.393 e. The molecule has 0 amide bonds. The number of hydrogen-bond acceptors (Lipinski definition) is 1. The number of aliphatic hydroxyl groups excluding tert-OH is 1. The molecule has 16 heavy (non-hydrogen) atoms. The fourth-order valence-electron chi connectivity index (χ4n) is 4.07. The highest BCUT2D eigenvalue weighted by atomic mass is 16.3. The molecule has 0 aromatic rings. The monoisotopic (exact) mass is 222 g/mol. The second-order valence-corrected chi connectivity index (χ2v) is 6.63. The van der Waals surface area contributed by atoms with Crippen molar-refractivity contribution >= 4 is 0 Å². The fraction of sp³-hybridized carbons (Fsp3) is 0.867. The third-order valence-electron chi connectivity index (χ3n) is 4.93. The van der Waals surface area contributed by atoms with Gasteiger partial charge in [-0.25, -0.2) is 0 Å². The van der Waals surface area contributed by atoms with E-state index < -0.39 is 0 Å². The molecule has 0 heterocycles. The molecule has 0 aromatic carbocycles. The zero-order valence-electron chi connectivity index (χ0n) is 11.2. The lowest BCUT2D eigenvalue weighted by atomic mass is 9.64. The smallest absolute Gasteiger partial charge is 0.0591 e. The van der Waals surface area contributed by atoms with Crippen LogP contribution in [0.15, 0.2) is 11.1 Å². The maximum absolute atomic E-state index is 10.1. The maximum Gasteiger partial charge on any atom is 0.0591 e. The minimum atomic E-state index is -0.0682. The van der Waals surface area contributed by atoms with E-state index in [0.717, 1.165) is 0 Å². The zero-order valence-corrected chi connectivity index (χ0v) is 11.2. The van der Waals surface area contributed by atoms with Gasteiger partial charge in [0.1, 0.15) is 0 Å². The Balaban J connectivity index is 2.14. The maximum atomic E-state index is 10.1. The van der Waals surface area contributed by atoms with Crippen LogP contribution in [0.3, 0.4) is 0 Å². The molecule has 2 saturated carbocycles. The van der Waals surface area contributed by atoms with Gasteiger partial charge in [-0.05, 0) is 63.2 Å². The van der Waals surface area contributed by atoms with Crippen LogP contribution in [-0.2, 0) is 0 Å². The highest BCUT2D eigenvalue weighted by molar-refractivity contribution is 5.18. The minimum absolute atomic E-state index is 0.0682. The summed E-state index contributed by atoms with van der Waals surface area (Å²) >= 11 is 0. The van der Waals surface area contributed by atoms with Crippen molar-refractivity contribution in [2.24, 2.45) is 17.3 Å². The first-order valence-corrected chi connectivity index (χ1v) is 6.77. The van der Waals surface area contributed by atoms with Gasteiger partial charge in [-0.3, -0.25) is 0 Å². The molecule has 92 valence electrons. The molecule has 0 aromatic heterocycles. The van der Waals surface area contributed by atoms with Crippen molar-refractivity contribution in [3.8, 4) is 0 Å². The Kier molecular flexibility index (Phi) is 3.18. The first kappa shape index (κ1) is 12.2. The molecule has 2 unspecified atom stereocenters. The second-order valence-electron chi connectivity index (χ2n) is 6.63. The SMILES string of the molecule is CC(C)=C1CCC2(C1)CC(C)C(O)C(C)C2. The van der Waals surface area contributed by atoms with Crippen LogP contribution in [0.25, 0.3) is 0 Å². The summed E-state index contributed by atoms with van der Waals surface area (Å²) in [7, 11) is 0. The molecule has 2 fully saturated rings. The Morgan fingerprint density at radius 3 is 2.19 bits per heavy atom. The van der Waals surface area contributed by atoms with Gasteiger partial charge in [-0.2, -0.15) is 0 Å². The topological polar surface area (TPSA) is 20.2 Å². The van der Waals surface area contributed by atoms with Crippen molar-refractivity contribution in [2.75, 3.05) is 0 Å². The van der Waals surface area contributed by atoms with Crippen molar-refractivity contribution in [2.45, 2.75) is 65.9 Å². The predicted molar refractivity (Wildman–Crippen MR) is 68.2 cm³/mol. The molecule has 2 atom stereocenters. The fourth-order valence-corrected chi connectivity index (χ4v) is 4.07. The Hall–Kier alpha value is -0.300. The molecule has 2 rings (SSSR count). The van der Waals surface area contributed by atoms with Gasteiger partial charge < -0.3 is 5.11 Å². The predicted octanol–water partition coefficient (Wildman–Crippen LogP) is 3.92. The van der Waals surface area contributed by atoms with E-state index in [4.69, 9.17) is 0 Å². The molecule has 0 radical (unpaired) electrons. The summed E-state index contributed by atoms with van der Waals surface area (Å²) in [5.74, 6) is 0.973. The summed E-state index contributed by atoms with van der Waals surface area (Å²) in [4.78, 5) is 0. The van der Waals surface area contributed by atoms with Crippen LogP contribution >= 0.6 is 0 Å². The van der Waals surface area contributed by atoms with Gasteiger partial charge in [0.05, 0.1) is 6.10 Å². The van der Waals surface area contributed by atoms with Crippen molar-refractivity contribution in [3.05, 3.63) is 11.1 Å². The van der Waals surface area contributed by atoms with Gasteiger partial charge >= 0.3 is 0 Å². The Bertz CT molecular complexity index is 287. The third-order valence-corrected chi connectivity index (χ3v) is 4.93. The Morgan fingerprint density at radius 2 is 1.75 bits per heavy atom. The summed E-state index contributed by atoms with van der Waals surface area (Å²) in [6, 6.07) is 0. The third kappa shape index (κ3) is 2.07. The molecule has 0 bridgehead atoms. The van der Waals surface area contributed by atoms with E-state index in [-0.39, 0.29) is 6.10 Å². The number of hydrogen-bond donors (Lipinski definition) is 1. The summed E-state index contributed by atoms with van der Waals surface area (Å²) in [5, 5.41) is 10.1. The van der Waals surface area contributed by atoms with Crippen molar-refractivity contribution in [1.29, 1.82) is 0 Å². The van der Waals surface area contributed by atoms with Crippen LogP contribution in [0, 0.1) is 17.3 Å². The molecule has 1 heteroatoms. The van der Waals surface area contributed by atoms with Crippen LogP contribution in [0.1, 0.15) is 59.8 Å². The van der Waals surface area contributed by atoms with Gasteiger partial charge in [0.2, 0.25) is 0 Å². The lowest BCUT2D eigenvalue weighted by molar-refractivity contribution is -0.0238. The molecule has 2 aliphatic carbocycles. The van der Waals surface area contributed by atoms with Crippen LogP contribution < -0.4 is 0 Å². The first-order valence-electron chi connectivity index (χ1n) is 6.77. The van der Waals surface area contributed by atoms with Gasteiger partial charge in [-0.1, -0.05) is 25.0 Å². The molecular weight excluding hydrogens is 196 g/mol. The van der Waals surface area contributed by atoms with Crippen LogP contribution in [0.4, 0.5) is 0 Å². The van der Waals surface area contributed by atoms with Gasteiger partial charge in [-0.15, -0.1) is 0 Å². The highest BCUT2D eigenvalue weighted by Crippen LogP contribution is 2.54. The van der Waals surface area contributed by atoms with Crippen molar-refractivity contribution < 1.29 is 5.11 Å². The molecule has 2 aliphatic rings. The highest BCUT2D eigenvalue weighted by Gasteiger charge is 2.44. The molecule has 1 nitrogen and oxygen atoms in total. The van der Waals surface area contributed by atoms with Crippen LogP contribution in [-0.4, -0.2) is 11.2 Å². The van der Waals surface area contributed by atoms with Crippen molar-refractivity contribution in [3.63, 3.8) is 0 Å². The second kappa shape index (κ2) is 4.18. The van der Waals surface area contributed by atoms with Crippen LogP contribution in [0.5, 0.6) is 0 Å². The summed E-state index contributed by atoms with van der Waals surface area (Å²) in [6.07, 6.45) is 6.36. The van der Waals surface area contributed by atoms with E-state index >= 15 is 0 Å². The quantitative estimate of drug-likeness (QED) is 0.616.